The van der Waals surface area contributed by atoms with E-state index >= 15 is 0 Å². The third kappa shape index (κ3) is 2.73. The Hall–Kier alpha value is -0.393. The van der Waals surface area contributed by atoms with Crippen LogP contribution in [0.1, 0.15) is 33.6 Å². The second-order valence-electron chi connectivity index (χ2n) is 7.38. The molecule has 5 heteroatoms. The maximum absolute atomic E-state index is 11.8. The molecule has 2 rings (SSSR count). The Balaban J connectivity index is 1.99. The van der Waals surface area contributed by atoms with Gasteiger partial charge < -0.3 is 14.3 Å². The van der Waals surface area contributed by atoms with Gasteiger partial charge in [0.2, 0.25) is 0 Å². The summed E-state index contributed by atoms with van der Waals surface area (Å²) in [5, 5.41) is 10.1. The van der Waals surface area contributed by atoms with Crippen molar-refractivity contribution >= 4 is 14.3 Å². The van der Waals surface area contributed by atoms with Crippen LogP contribution in [0.25, 0.3) is 0 Å². The van der Waals surface area contributed by atoms with Gasteiger partial charge in [-0.05, 0) is 31.0 Å². The van der Waals surface area contributed by atoms with E-state index in [0.29, 0.717) is 13.0 Å². The number of carbonyl (C=O) groups is 1. The third-order valence-corrected chi connectivity index (χ3v) is 9.60. The molecule has 1 heterocycles. The molecule has 0 unspecified atom stereocenters. The highest BCUT2D eigenvalue weighted by molar-refractivity contribution is 6.74. The molecule has 1 saturated carbocycles. The van der Waals surface area contributed by atoms with Crippen molar-refractivity contribution in [3.05, 3.63) is 0 Å². The Morgan fingerprint density at radius 1 is 1.37 bits per heavy atom. The number of rotatable bonds is 3. The largest absolute Gasteiger partial charge is 0.459 e. The summed E-state index contributed by atoms with van der Waals surface area (Å²) in [7, 11) is -1.83. The highest BCUT2D eigenvalue weighted by atomic mass is 28.4. The maximum atomic E-state index is 11.8. The van der Waals surface area contributed by atoms with Crippen molar-refractivity contribution in [3.63, 3.8) is 0 Å². The fourth-order valence-corrected chi connectivity index (χ4v) is 3.77. The summed E-state index contributed by atoms with van der Waals surface area (Å²) in [4.78, 5) is 11.8. The van der Waals surface area contributed by atoms with Crippen LogP contribution in [-0.4, -0.2) is 38.2 Å². The Bertz CT molecular complexity index is 361. The minimum Gasteiger partial charge on any atom is -0.459 e. The lowest BCUT2D eigenvalue weighted by Crippen LogP contribution is -2.44. The third-order valence-electron chi connectivity index (χ3n) is 5.10. The first kappa shape index (κ1) is 15.0. The molecular formula is C14H26O4Si. The van der Waals surface area contributed by atoms with E-state index < -0.39 is 14.4 Å². The molecule has 1 N–H and O–H groups in total. The summed E-state index contributed by atoms with van der Waals surface area (Å²) in [6, 6.07) is 0. The van der Waals surface area contributed by atoms with Crippen LogP contribution < -0.4 is 0 Å². The van der Waals surface area contributed by atoms with Gasteiger partial charge in [0.25, 0.3) is 0 Å². The number of ether oxygens (including phenoxy) is 1. The summed E-state index contributed by atoms with van der Waals surface area (Å²) in [5.41, 5.74) is 0. The predicted octanol–water partition coefficient (Wildman–Crippen LogP) is 2.32. The Kier molecular flexibility index (Phi) is 3.84. The fraction of sp³-hybridized carbons (Fsp3) is 0.929. The van der Waals surface area contributed by atoms with Gasteiger partial charge in [0.05, 0.1) is 18.6 Å². The summed E-state index contributed by atoms with van der Waals surface area (Å²) >= 11 is 0. The molecule has 0 aromatic carbocycles. The summed E-state index contributed by atoms with van der Waals surface area (Å²) < 4.78 is 11.5. The molecule has 2 fully saturated rings. The highest BCUT2D eigenvalue weighted by Crippen LogP contribution is 2.43. The zero-order chi connectivity index (χ0) is 14.4. The first-order valence-corrected chi connectivity index (χ1v) is 10.1. The minimum absolute atomic E-state index is 0.0581. The molecule has 0 amide bonds. The average Bonchev–Trinajstić information content (AvgIpc) is 2.78. The summed E-state index contributed by atoms with van der Waals surface area (Å²) in [6.45, 7) is 11.4. The standard InChI is InChI=1S/C14H26O4Si/c1-14(2,3)19(4,5)17-8-11-12-9(13(16)18-11)6-7-10(12)15/h9-12,15H,6-8H2,1-5H3/t9-,10-,11-,12-/m0/s1. The van der Waals surface area contributed by atoms with E-state index in [9.17, 15) is 9.90 Å². The lowest BCUT2D eigenvalue weighted by atomic mass is 9.93. The topological polar surface area (TPSA) is 55.8 Å². The van der Waals surface area contributed by atoms with E-state index in [1.165, 1.54) is 0 Å². The fourth-order valence-electron chi connectivity index (χ4n) is 2.75. The van der Waals surface area contributed by atoms with Gasteiger partial charge in [-0.15, -0.1) is 0 Å². The van der Waals surface area contributed by atoms with Crippen LogP contribution >= 0.6 is 0 Å². The van der Waals surface area contributed by atoms with Gasteiger partial charge in [-0.2, -0.15) is 0 Å². The van der Waals surface area contributed by atoms with Crippen molar-refractivity contribution in [1.82, 2.24) is 0 Å². The number of carbonyl (C=O) groups excluding carboxylic acids is 1. The molecule has 0 radical (unpaired) electrons. The number of aliphatic hydroxyl groups excluding tert-OH is 1. The van der Waals surface area contributed by atoms with Gasteiger partial charge in [0.1, 0.15) is 6.10 Å². The van der Waals surface area contributed by atoms with E-state index in [1.54, 1.807) is 0 Å². The van der Waals surface area contributed by atoms with E-state index in [4.69, 9.17) is 9.16 Å². The number of cyclic esters (lactones) is 1. The Morgan fingerprint density at radius 3 is 2.58 bits per heavy atom. The smallest absolute Gasteiger partial charge is 0.309 e. The second kappa shape index (κ2) is 4.86. The van der Waals surface area contributed by atoms with Crippen molar-refractivity contribution in [2.75, 3.05) is 6.61 Å². The first-order chi connectivity index (χ1) is 8.63. The second-order valence-corrected chi connectivity index (χ2v) is 12.2. The van der Waals surface area contributed by atoms with Crippen LogP contribution in [0.5, 0.6) is 0 Å². The quantitative estimate of drug-likeness (QED) is 0.639. The Morgan fingerprint density at radius 2 is 2.00 bits per heavy atom. The molecule has 19 heavy (non-hydrogen) atoms. The molecule has 110 valence electrons. The van der Waals surface area contributed by atoms with Crippen molar-refractivity contribution in [3.8, 4) is 0 Å². The van der Waals surface area contributed by atoms with Crippen LogP contribution in [0.3, 0.4) is 0 Å². The molecule has 0 bridgehead atoms. The minimum atomic E-state index is -1.83. The molecular weight excluding hydrogens is 260 g/mol. The lowest BCUT2D eigenvalue weighted by molar-refractivity contribution is -0.145. The highest BCUT2D eigenvalue weighted by Gasteiger charge is 2.52. The average molecular weight is 286 g/mol. The number of esters is 1. The summed E-state index contributed by atoms with van der Waals surface area (Å²) in [5.74, 6) is -0.314. The van der Waals surface area contributed by atoms with Crippen molar-refractivity contribution in [1.29, 1.82) is 0 Å². The van der Waals surface area contributed by atoms with Gasteiger partial charge in [0.15, 0.2) is 8.32 Å². The molecule has 1 aliphatic carbocycles. The van der Waals surface area contributed by atoms with Crippen molar-refractivity contribution in [2.24, 2.45) is 11.8 Å². The number of hydrogen-bond acceptors (Lipinski definition) is 4. The van der Waals surface area contributed by atoms with Gasteiger partial charge in [-0.3, -0.25) is 4.79 Å². The SMILES string of the molecule is CC(C)(C)[Si](C)(C)OC[C@@H]1OC(=O)[C@H]2CC[C@H](O)[C@@H]12. The predicted molar refractivity (Wildman–Crippen MR) is 75.2 cm³/mol. The molecule has 2 aliphatic rings. The molecule has 0 aromatic heterocycles. The van der Waals surface area contributed by atoms with Gasteiger partial charge >= 0.3 is 5.97 Å². The zero-order valence-electron chi connectivity index (χ0n) is 12.6. The normalized spacial score (nSPS) is 35.4. The van der Waals surface area contributed by atoms with Gasteiger partial charge in [-0.25, -0.2) is 0 Å². The molecule has 4 atom stereocenters. The van der Waals surface area contributed by atoms with E-state index in [1.807, 2.05) is 0 Å². The van der Waals surface area contributed by atoms with Crippen LogP contribution in [0, 0.1) is 11.8 Å². The lowest BCUT2D eigenvalue weighted by Gasteiger charge is -2.37. The van der Waals surface area contributed by atoms with Gasteiger partial charge in [0, 0.05) is 5.92 Å². The zero-order valence-corrected chi connectivity index (χ0v) is 13.6. The monoisotopic (exact) mass is 286 g/mol. The number of aliphatic hydroxyl groups is 1. The number of hydrogen-bond donors (Lipinski definition) is 1. The van der Waals surface area contributed by atoms with E-state index in [-0.39, 0.29) is 28.9 Å². The van der Waals surface area contributed by atoms with E-state index in [2.05, 4.69) is 33.9 Å². The van der Waals surface area contributed by atoms with Crippen LogP contribution in [-0.2, 0) is 14.0 Å². The Labute approximate surface area is 116 Å². The van der Waals surface area contributed by atoms with Crippen LogP contribution in [0.15, 0.2) is 0 Å². The molecule has 0 aromatic rings. The van der Waals surface area contributed by atoms with Crippen LogP contribution in [0.2, 0.25) is 18.1 Å². The molecule has 1 aliphatic heterocycles. The molecule has 4 nitrogen and oxygen atoms in total. The van der Waals surface area contributed by atoms with Gasteiger partial charge in [-0.1, -0.05) is 20.8 Å². The maximum Gasteiger partial charge on any atom is 0.309 e. The van der Waals surface area contributed by atoms with E-state index in [0.717, 1.165) is 6.42 Å². The molecule has 1 saturated heterocycles. The number of fused-ring (bicyclic) bond motifs is 1. The molecule has 0 spiro atoms. The summed E-state index contributed by atoms with van der Waals surface area (Å²) in [6.07, 6.45) is 0.788. The van der Waals surface area contributed by atoms with Crippen LogP contribution in [0.4, 0.5) is 0 Å². The first-order valence-electron chi connectivity index (χ1n) is 7.16. The van der Waals surface area contributed by atoms with Crippen molar-refractivity contribution in [2.45, 2.75) is 64.0 Å². The van der Waals surface area contributed by atoms with Crippen molar-refractivity contribution < 1.29 is 19.1 Å².